The lowest BCUT2D eigenvalue weighted by Gasteiger charge is -2.22. The predicted octanol–water partition coefficient (Wildman–Crippen LogP) is 3.36. The summed E-state index contributed by atoms with van der Waals surface area (Å²) in [7, 11) is 0. The zero-order valence-electron chi connectivity index (χ0n) is 11.0. The van der Waals surface area contributed by atoms with Crippen molar-refractivity contribution < 1.29 is 4.74 Å². The van der Waals surface area contributed by atoms with Crippen molar-refractivity contribution >= 4 is 0 Å². The van der Waals surface area contributed by atoms with Crippen molar-refractivity contribution in [3.8, 4) is 0 Å². The van der Waals surface area contributed by atoms with Crippen LogP contribution in [0, 0.1) is 5.92 Å². The first-order chi connectivity index (χ1) is 7.93. The van der Waals surface area contributed by atoms with Crippen LogP contribution in [0.4, 0.5) is 0 Å². The van der Waals surface area contributed by atoms with Crippen molar-refractivity contribution in [2.24, 2.45) is 5.92 Å². The van der Waals surface area contributed by atoms with Crippen molar-refractivity contribution in [1.29, 1.82) is 0 Å². The molecule has 0 bridgehead atoms. The fourth-order valence-corrected chi connectivity index (χ4v) is 2.30. The van der Waals surface area contributed by atoms with Crippen molar-refractivity contribution in [2.75, 3.05) is 26.3 Å². The van der Waals surface area contributed by atoms with Gasteiger partial charge in [-0.05, 0) is 31.7 Å². The van der Waals surface area contributed by atoms with Crippen LogP contribution in [0.1, 0.15) is 58.3 Å². The SMILES string of the molecule is CCCCCCCCNCC1CCCOC1. The summed E-state index contributed by atoms with van der Waals surface area (Å²) < 4.78 is 5.46. The minimum absolute atomic E-state index is 0.772. The Labute approximate surface area is 101 Å². The van der Waals surface area contributed by atoms with E-state index in [-0.39, 0.29) is 0 Å². The zero-order chi connectivity index (χ0) is 11.5. The van der Waals surface area contributed by atoms with Crippen LogP contribution in [0.2, 0.25) is 0 Å². The van der Waals surface area contributed by atoms with Crippen molar-refractivity contribution in [3.05, 3.63) is 0 Å². The number of unbranched alkanes of at least 4 members (excludes halogenated alkanes) is 5. The Morgan fingerprint density at radius 1 is 1.12 bits per heavy atom. The van der Waals surface area contributed by atoms with Crippen LogP contribution in [0.5, 0.6) is 0 Å². The highest BCUT2D eigenvalue weighted by molar-refractivity contribution is 4.65. The highest BCUT2D eigenvalue weighted by atomic mass is 16.5. The van der Waals surface area contributed by atoms with Crippen LogP contribution >= 0.6 is 0 Å². The van der Waals surface area contributed by atoms with Gasteiger partial charge in [0.15, 0.2) is 0 Å². The maximum Gasteiger partial charge on any atom is 0.0506 e. The molecule has 1 fully saturated rings. The summed E-state index contributed by atoms with van der Waals surface area (Å²) in [5, 5.41) is 3.57. The molecule has 1 saturated heterocycles. The molecule has 0 aromatic heterocycles. The van der Waals surface area contributed by atoms with Crippen LogP contribution < -0.4 is 5.32 Å². The van der Waals surface area contributed by atoms with Crippen LogP contribution in [-0.4, -0.2) is 26.3 Å². The van der Waals surface area contributed by atoms with Gasteiger partial charge in [-0.15, -0.1) is 0 Å². The van der Waals surface area contributed by atoms with E-state index in [1.807, 2.05) is 0 Å². The highest BCUT2D eigenvalue weighted by Gasteiger charge is 2.12. The highest BCUT2D eigenvalue weighted by Crippen LogP contribution is 2.12. The molecule has 96 valence electrons. The van der Waals surface area contributed by atoms with E-state index in [9.17, 15) is 0 Å². The number of rotatable bonds is 9. The zero-order valence-corrected chi connectivity index (χ0v) is 11.0. The van der Waals surface area contributed by atoms with Gasteiger partial charge in [0.25, 0.3) is 0 Å². The minimum Gasteiger partial charge on any atom is -0.381 e. The third-order valence-electron chi connectivity index (χ3n) is 3.39. The average molecular weight is 227 g/mol. The third kappa shape index (κ3) is 7.24. The second-order valence-corrected chi connectivity index (χ2v) is 5.06. The van der Waals surface area contributed by atoms with E-state index in [0.717, 1.165) is 25.7 Å². The molecular weight excluding hydrogens is 198 g/mol. The smallest absolute Gasteiger partial charge is 0.0506 e. The number of hydrogen-bond donors (Lipinski definition) is 1. The Kier molecular flexibility index (Phi) is 8.83. The number of nitrogens with one attached hydrogen (secondary N) is 1. The molecule has 2 heteroatoms. The molecule has 0 aromatic carbocycles. The first-order valence-corrected chi connectivity index (χ1v) is 7.22. The summed E-state index contributed by atoms with van der Waals surface area (Å²) in [6.07, 6.45) is 10.9. The number of ether oxygens (including phenoxy) is 1. The van der Waals surface area contributed by atoms with E-state index in [4.69, 9.17) is 4.74 Å². The lowest BCUT2D eigenvalue weighted by Crippen LogP contribution is -2.29. The maximum atomic E-state index is 5.46. The molecule has 1 N–H and O–H groups in total. The average Bonchev–Trinajstić information content (AvgIpc) is 2.34. The molecular formula is C14H29NO. The van der Waals surface area contributed by atoms with E-state index in [0.29, 0.717) is 0 Å². The Bertz CT molecular complexity index is 144. The molecule has 0 radical (unpaired) electrons. The van der Waals surface area contributed by atoms with Gasteiger partial charge in [-0.2, -0.15) is 0 Å². The molecule has 0 aromatic rings. The molecule has 0 aliphatic carbocycles. The van der Waals surface area contributed by atoms with Gasteiger partial charge >= 0.3 is 0 Å². The molecule has 1 rings (SSSR count). The second kappa shape index (κ2) is 10.1. The first-order valence-electron chi connectivity index (χ1n) is 7.22. The topological polar surface area (TPSA) is 21.3 Å². The molecule has 1 aliphatic heterocycles. The summed E-state index contributed by atoms with van der Waals surface area (Å²) in [5.74, 6) is 0.772. The predicted molar refractivity (Wildman–Crippen MR) is 69.8 cm³/mol. The van der Waals surface area contributed by atoms with Crippen LogP contribution in [0.15, 0.2) is 0 Å². The quantitative estimate of drug-likeness (QED) is 0.610. The van der Waals surface area contributed by atoms with Crippen molar-refractivity contribution in [1.82, 2.24) is 5.32 Å². The lowest BCUT2D eigenvalue weighted by atomic mass is 10.0. The first kappa shape index (κ1) is 14.0. The summed E-state index contributed by atoms with van der Waals surface area (Å²) >= 11 is 0. The van der Waals surface area contributed by atoms with E-state index in [1.165, 1.54) is 57.9 Å². The van der Waals surface area contributed by atoms with Crippen molar-refractivity contribution in [3.63, 3.8) is 0 Å². The van der Waals surface area contributed by atoms with Gasteiger partial charge in [0.2, 0.25) is 0 Å². The van der Waals surface area contributed by atoms with Gasteiger partial charge in [-0.1, -0.05) is 39.0 Å². The van der Waals surface area contributed by atoms with Crippen LogP contribution in [0.3, 0.4) is 0 Å². The largest absolute Gasteiger partial charge is 0.381 e. The summed E-state index contributed by atoms with van der Waals surface area (Å²) in [5.41, 5.74) is 0. The summed E-state index contributed by atoms with van der Waals surface area (Å²) in [4.78, 5) is 0. The molecule has 1 unspecified atom stereocenters. The molecule has 1 aliphatic rings. The van der Waals surface area contributed by atoms with E-state index in [1.54, 1.807) is 0 Å². The van der Waals surface area contributed by atoms with Gasteiger partial charge in [0, 0.05) is 13.2 Å². The molecule has 0 amide bonds. The minimum atomic E-state index is 0.772. The molecule has 1 atom stereocenters. The fourth-order valence-electron chi connectivity index (χ4n) is 2.30. The van der Waals surface area contributed by atoms with E-state index >= 15 is 0 Å². The lowest BCUT2D eigenvalue weighted by molar-refractivity contribution is 0.0549. The Hall–Kier alpha value is -0.0800. The molecule has 1 heterocycles. The Morgan fingerprint density at radius 2 is 1.94 bits per heavy atom. The Balaban J connectivity index is 1.77. The van der Waals surface area contributed by atoms with E-state index < -0.39 is 0 Å². The van der Waals surface area contributed by atoms with Crippen LogP contribution in [-0.2, 0) is 4.74 Å². The monoisotopic (exact) mass is 227 g/mol. The molecule has 2 nitrogen and oxygen atoms in total. The maximum absolute atomic E-state index is 5.46. The number of hydrogen-bond acceptors (Lipinski definition) is 2. The van der Waals surface area contributed by atoms with Gasteiger partial charge in [-0.25, -0.2) is 0 Å². The van der Waals surface area contributed by atoms with Crippen LogP contribution in [0.25, 0.3) is 0 Å². The molecule has 0 spiro atoms. The molecule has 0 saturated carbocycles. The van der Waals surface area contributed by atoms with Gasteiger partial charge in [-0.3, -0.25) is 0 Å². The molecule has 16 heavy (non-hydrogen) atoms. The van der Waals surface area contributed by atoms with Gasteiger partial charge < -0.3 is 10.1 Å². The standard InChI is InChI=1S/C14H29NO/c1-2-3-4-5-6-7-10-15-12-14-9-8-11-16-13-14/h14-15H,2-13H2,1H3. The van der Waals surface area contributed by atoms with Gasteiger partial charge in [0.1, 0.15) is 0 Å². The second-order valence-electron chi connectivity index (χ2n) is 5.06. The Morgan fingerprint density at radius 3 is 2.69 bits per heavy atom. The third-order valence-corrected chi connectivity index (χ3v) is 3.39. The van der Waals surface area contributed by atoms with Crippen molar-refractivity contribution in [2.45, 2.75) is 58.3 Å². The fraction of sp³-hybridized carbons (Fsp3) is 1.00. The summed E-state index contributed by atoms with van der Waals surface area (Å²) in [6.45, 7) is 6.59. The van der Waals surface area contributed by atoms with Gasteiger partial charge in [0.05, 0.1) is 6.61 Å². The normalized spacial score (nSPS) is 21.2. The van der Waals surface area contributed by atoms with E-state index in [2.05, 4.69) is 12.2 Å². The summed E-state index contributed by atoms with van der Waals surface area (Å²) in [6, 6.07) is 0.